The summed E-state index contributed by atoms with van der Waals surface area (Å²) in [5.41, 5.74) is -0.105. The molecule has 1 saturated carbocycles. The van der Waals surface area contributed by atoms with Gasteiger partial charge in [0, 0.05) is 32.2 Å². The van der Waals surface area contributed by atoms with Gasteiger partial charge in [-0.15, -0.1) is 24.0 Å². The van der Waals surface area contributed by atoms with Crippen LogP contribution in [0.1, 0.15) is 65.2 Å². The van der Waals surface area contributed by atoms with E-state index in [4.69, 9.17) is 0 Å². The van der Waals surface area contributed by atoms with E-state index in [0.29, 0.717) is 12.0 Å². The van der Waals surface area contributed by atoms with Gasteiger partial charge in [0.25, 0.3) is 0 Å². The molecule has 154 valence electrons. The van der Waals surface area contributed by atoms with Crippen LogP contribution in [-0.2, 0) is 10.0 Å². The Kier molecular flexibility index (Phi) is 9.13. The number of guanidine groups is 1. The summed E-state index contributed by atoms with van der Waals surface area (Å²) < 4.78 is 25.7. The SMILES string of the molecule is CN=C(NCC(C)(C)NS(C)(=O)=O)N1CCCC2(CCCCCC2)C1.I. The van der Waals surface area contributed by atoms with Crippen molar-refractivity contribution in [3.05, 3.63) is 0 Å². The zero-order valence-electron chi connectivity index (χ0n) is 16.8. The smallest absolute Gasteiger partial charge is 0.209 e. The van der Waals surface area contributed by atoms with E-state index in [1.54, 1.807) is 0 Å². The van der Waals surface area contributed by atoms with Crippen LogP contribution in [0.3, 0.4) is 0 Å². The summed E-state index contributed by atoms with van der Waals surface area (Å²) in [5, 5.41) is 3.39. The van der Waals surface area contributed by atoms with Crippen molar-refractivity contribution in [3.63, 3.8) is 0 Å². The van der Waals surface area contributed by atoms with Crippen LogP contribution in [0.5, 0.6) is 0 Å². The molecule has 0 aromatic heterocycles. The maximum absolute atomic E-state index is 11.5. The van der Waals surface area contributed by atoms with E-state index in [9.17, 15) is 8.42 Å². The number of aliphatic imine (C=N–C) groups is 1. The summed E-state index contributed by atoms with van der Waals surface area (Å²) in [5.74, 6) is 0.895. The Bertz CT molecular complexity index is 570. The second-order valence-corrected chi connectivity index (χ2v) is 10.3. The first-order valence-corrected chi connectivity index (χ1v) is 11.5. The van der Waals surface area contributed by atoms with Crippen LogP contribution >= 0.6 is 24.0 Å². The van der Waals surface area contributed by atoms with Gasteiger partial charge in [-0.25, -0.2) is 13.1 Å². The van der Waals surface area contributed by atoms with Crippen molar-refractivity contribution in [1.82, 2.24) is 14.9 Å². The number of likely N-dealkylation sites (tertiary alicyclic amines) is 1. The third kappa shape index (κ3) is 7.50. The molecule has 1 saturated heterocycles. The van der Waals surface area contributed by atoms with Gasteiger partial charge in [0.2, 0.25) is 10.0 Å². The van der Waals surface area contributed by atoms with E-state index in [1.807, 2.05) is 20.9 Å². The van der Waals surface area contributed by atoms with Crippen LogP contribution in [-0.4, -0.2) is 57.8 Å². The third-order valence-electron chi connectivity index (χ3n) is 5.49. The van der Waals surface area contributed by atoms with Crippen molar-refractivity contribution >= 4 is 40.0 Å². The Morgan fingerprint density at radius 1 is 1.12 bits per heavy atom. The summed E-state index contributed by atoms with van der Waals surface area (Å²) in [6.45, 7) is 6.39. The molecule has 0 bridgehead atoms. The lowest BCUT2D eigenvalue weighted by Crippen LogP contribution is -2.56. The maximum Gasteiger partial charge on any atom is 0.209 e. The Labute approximate surface area is 177 Å². The lowest BCUT2D eigenvalue weighted by molar-refractivity contribution is 0.115. The Balaban J connectivity index is 0.00000338. The first-order valence-electron chi connectivity index (χ1n) is 9.59. The van der Waals surface area contributed by atoms with Crippen molar-refractivity contribution in [2.24, 2.45) is 10.4 Å². The number of sulfonamides is 1. The first kappa shape index (κ1) is 23.9. The molecule has 1 heterocycles. The average Bonchev–Trinajstić information content (AvgIpc) is 2.71. The predicted molar refractivity (Wildman–Crippen MR) is 120 cm³/mol. The molecule has 0 aromatic rings. The minimum Gasteiger partial charge on any atom is -0.354 e. The van der Waals surface area contributed by atoms with Gasteiger partial charge >= 0.3 is 0 Å². The van der Waals surface area contributed by atoms with Crippen molar-refractivity contribution in [2.75, 3.05) is 32.9 Å². The maximum atomic E-state index is 11.5. The van der Waals surface area contributed by atoms with E-state index in [1.165, 1.54) is 57.6 Å². The molecule has 2 aliphatic rings. The number of halogens is 1. The quantitative estimate of drug-likeness (QED) is 0.354. The molecular weight excluding hydrogens is 463 g/mol. The topological polar surface area (TPSA) is 73.8 Å². The molecule has 2 rings (SSSR count). The number of piperidine rings is 1. The second kappa shape index (κ2) is 9.91. The first-order chi connectivity index (χ1) is 11.6. The molecule has 6 nitrogen and oxygen atoms in total. The normalized spacial score (nSPS) is 21.8. The molecule has 2 fully saturated rings. The highest BCUT2D eigenvalue weighted by molar-refractivity contribution is 14.0. The monoisotopic (exact) mass is 500 g/mol. The van der Waals surface area contributed by atoms with Crippen LogP contribution in [0.4, 0.5) is 0 Å². The molecule has 26 heavy (non-hydrogen) atoms. The Morgan fingerprint density at radius 2 is 1.69 bits per heavy atom. The van der Waals surface area contributed by atoms with Crippen LogP contribution in [0.2, 0.25) is 0 Å². The molecule has 0 aromatic carbocycles. The zero-order chi connectivity index (χ0) is 18.6. The fraction of sp³-hybridized carbons (Fsp3) is 0.944. The fourth-order valence-corrected chi connectivity index (χ4v) is 5.52. The molecule has 0 atom stereocenters. The summed E-state index contributed by atoms with van der Waals surface area (Å²) in [7, 11) is -1.42. The van der Waals surface area contributed by atoms with Gasteiger partial charge in [0.1, 0.15) is 0 Å². The number of hydrogen-bond acceptors (Lipinski definition) is 3. The average molecular weight is 500 g/mol. The molecule has 8 heteroatoms. The van der Waals surface area contributed by atoms with Gasteiger partial charge < -0.3 is 10.2 Å². The van der Waals surface area contributed by atoms with Crippen molar-refractivity contribution in [2.45, 2.75) is 70.8 Å². The zero-order valence-corrected chi connectivity index (χ0v) is 20.0. The minimum atomic E-state index is -3.23. The summed E-state index contributed by atoms with van der Waals surface area (Å²) in [6.07, 6.45) is 11.9. The van der Waals surface area contributed by atoms with E-state index >= 15 is 0 Å². The minimum absolute atomic E-state index is 0. The van der Waals surface area contributed by atoms with E-state index < -0.39 is 15.6 Å². The van der Waals surface area contributed by atoms with Gasteiger partial charge in [-0.1, -0.05) is 25.7 Å². The number of nitrogens with zero attached hydrogens (tertiary/aromatic N) is 2. The molecule has 0 unspecified atom stereocenters. The van der Waals surface area contributed by atoms with Crippen LogP contribution in [0.15, 0.2) is 4.99 Å². The Hall–Kier alpha value is -0.0900. The lowest BCUT2D eigenvalue weighted by Gasteiger charge is -2.44. The van der Waals surface area contributed by atoms with E-state index in [0.717, 1.165) is 19.0 Å². The molecule has 1 aliphatic heterocycles. The number of nitrogens with one attached hydrogen (secondary N) is 2. The molecule has 0 amide bonds. The lowest BCUT2D eigenvalue weighted by atomic mass is 9.74. The highest BCUT2D eigenvalue weighted by Crippen LogP contribution is 2.42. The molecule has 1 spiro atoms. The van der Waals surface area contributed by atoms with Gasteiger partial charge in [0.05, 0.1) is 6.26 Å². The van der Waals surface area contributed by atoms with Gasteiger partial charge in [0.15, 0.2) is 5.96 Å². The Morgan fingerprint density at radius 3 is 2.23 bits per heavy atom. The number of rotatable bonds is 4. The van der Waals surface area contributed by atoms with Crippen molar-refractivity contribution in [3.8, 4) is 0 Å². The van der Waals surface area contributed by atoms with Crippen LogP contribution in [0, 0.1) is 5.41 Å². The second-order valence-electron chi connectivity index (χ2n) is 8.60. The van der Waals surface area contributed by atoms with Gasteiger partial charge in [-0.3, -0.25) is 4.99 Å². The predicted octanol–water partition coefficient (Wildman–Crippen LogP) is 2.94. The highest BCUT2D eigenvalue weighted by Gasteiger charge is 2.36. The number of hydrogen-bond donors (Lipinski definition) is 2. The van der Waals surface area contributed by atoms with Crippen molar-refractivity contribution in [1.29, 1.82) is 0 Å². The third-order valence-corrected chi connectivity index (χ3v) is 6.41. The highest BCUT2D eigenvalue weighted by atomic mass is 127. The van der Waals surface area contributed by atoms with Gasteiger partial charge in [-0.2, -0.15) is 0 Å². The largest absolute Gasteiger partial charge is 0.354 e. The standard InChI is InChI=1S/C18H36N4O2S.HI/c1-17(2,21-25(4,23)24)14-20-16(19-3)22-13-9-12-18(15-22)10-7-5-6-8-11-18;/h21H,5-15H2,1-4H3,(H,19,20);1H. The summed E-state index contributed by atoms with van der Waals surface area (Å²) >= 11 is 0. The van der Waals surface area contributed by atoms with Crippen LogP contribution < -0.4 is 10.0 Å². The molecule has 2 N–H and O–H groups in total. The molecular formula is C18H37IN4O2S. The molecule has 1 aliphatic carbocycles. The van der Waals surface area contributed by atoms with Crippen LogP contribution in [0.25, 0.3) is 0 Å². The van der Waals surface area contributed by atoms with E-state index in [2.05, 4.69) is 19.9 Å². The fourth-order valence-electron chi connectivity index (χ4n) is 4.45. The molecule has 0 radical (unpaired) electrons. The van der Waals surface area contributed by atoms with Crippen molar-refractivity contribution < 1.29 is 8.42 Å². The summed E-state index contributed by atoms with van der Waals surface area (Å²) in [4.78, 5) is 6.85. The van der Waals surface area contributed by atoms with Gasteiger partial charge in [-0.05, 0) is 44.9 Å². The van der Waals surface area contributed by atoms with E-state index in [-0.39, 0.29) is 24.0 Å². The summed E-state index contributed by atoms with van der Waals surface area (Å²) in [6, 6.07) is 0.